The van der Waals surface area contributed by atoms with Gasteiger partial charge in [0, 0.05) is 17.7 Å². The predicted octanol–water partition coefficient (Wildman–Crippen LogP) is 5.03. The van der Waals surface area contributed by atoms with Crippen LogP contribution in [0.2, 0.25) is 0 Å². The van der Waals surface area contributed by atoms with Crippen molar-refractivity contribution in [3.05, 3.63) is 54.0 Å². The Kier molecular flexibility index (Phi) is 5.63. The molecular weight excluding hydrogens is 354 g/mol. The first kappa shape index (κ1) is 18.8. The molecule has 0 aliphatic carbocycles. The topological polar surface area (TPSA) is 73.1 Å². The number of alkyl halides is 2. The molecule has 0 bridgehead atoms. The first-order chi connectivity index (χ1) is 12.9. The Labute approximate surface area is 155 Å². The minimum atomic E-state index is -2.85. The summed E-state index contributed by atoms with van der Waals surface area (Å²) in [5.41, 5.74) is 1.54. The number of benzene rings is 1. The van der Waals surface area contributed by atoms with Crippen LogP contribution in [0.4, 0.5) is 14.6 Å². The van der Waals surface area contributed by atoms with E-state index < -0.39 is 6.61 Å². The predicted molar refractivity (Wildman–Crippen MR) is 96.7 cm³/mol. The van der Waals surface area contributed by atoms with Crippen molar-refractivity contribution >= 4 is 5.82 Å². The Hall–Kier alpha value is -3.03. The van der Waals surface area contributed by atoms with E-state index >= 15 is 0 Å². The summed E-state index contributed by atoms with van der Waals surface area (Å²) < 4.78 is 34.5. The number of hydrogen-bond acceptors (Lipinski definition) is 6. The maximum atomic E-state index is 12.4. The standard InChI is InChI=1S/C19H20F2N4O2/c1-11(2)17-24-18(27-25-17)14-7-8-22-16(10-14)23-12(3)13-5-4-6-15(9-13)26-19(20)21/h4-12,19H,1-3H3,(H,22,23). The lowest BCUT2D eigenvalue weighted by Crippen LogP contribution is -2.09. The van der Waals surface area contributed by atoms with Gasteiger partial charge in [-0.05, 0) is 36.8 Å². The molecule has 0 saturated heterocycles. The molecule has 0 amide bonds. The molecule has 0 aliphatic rings. The minimum Gasteiger partial charge on any atom is -0.435 e. The number of pyridine rings is 1. The Morgan fingerprint density at radius 3 is 2.63 bits per heavy atom. The highest BCUT2D eigenvalue weighted by Crippen LogP contribution is 2.26. The molecule has 0 fully saturated rings. The zero-order valence-corrected chi connectivity index (χ0v) is 15.2. The van der Waals surface area contributed by atoms with E-state index in [1.807, 2.05) is 26.8 Å². The van der Waals surface area contributed by atoms with Gasteiger partial charge in [-0.1, -0.05) is 31.1 Å². The second-order valence-electron chi connectivity index (χ2n) is 6.36. The van der Waals surface area contributed by atoms with Gasteiger partial charge >= 0.3 is 6.61 Å². The number of halogens is 2. The maximum absolute atomic E-state index is 12.4. The highest BCUT2D eigenvalue weighted by Gasteiger charge is 2.14. The summed E-state index contributed by atoms with van der Waals surface area (Å²) in [4.78, 5) is 8.67. The third-order valence-corrected chi connectivity index (χ3v) is 3.91. The monoisotopic (exact) mass is 374 g/mol. The minimum absolute atomic E-state index is 0.116. The molecule has 3 aromatic rings. The second kappa shape index (κ2) is 8.11. The number of rotatable bonds is 7. The van der Waals surface area contributed by atoms with E-state index in [0.29, 0.717) is 17.5 Å². The molecule has 142 valence electrons. The summed E-state index contributed by atoms with van der Waals surface area (Å²) in [7, 11) is 0. The van der Waals surface area contributed by atoms with Gasteiger partial charge in [0.2, 0.25) is 0 Å². The Morgan fingerprint density at radius 1 is 1.11 bits per heavy atom. The van der Waals surface area contributed by atoms with E-state index in [4.69, 9.17) is 4.52 Å². The van der Waals surface area contributed by atoms with Crippen molar-refractivity contribution in [2.75, 3.05) is 5.32 Å². The average molecular weight is 374 g/mol. The number of hydrogen-bond donors (Lipinski definition) is 1. The van der Waals surface area contributed by atoms with Crippen LogP contribution in [0.1, 0.15) is 44.1 Å². The molecule has 0 aliphatic heterocycles. The maximum Gasteiger partial charge on any atom is 0.387 e. The molecule has 0 radical (unpaired) electrons. The third kappa shape index (κ3) is 4.78. The fourth-order valence-corrected chi connectivity index (χ4v) is 2.49. The molecular formula is C19H20F2N4O2. The van der Waals surface area contributed by atoms with Gasteiger partial charge < -0.3 is 14.6 Å². The lowest BCUT2D eigenvalue weighted by atomic mass is 10.1. The van der Waals surface area contributed by atoms with Gasteiger partial charge in [0.05, 0.1) is 6.04 Å². The van der Waals surface area contributed by atoms with Crippen molar-refractivity contribution in [2.24, 2.45) is 0 Å². The van der Waals surface area contributed by atoms with Crippen LogP contribution in [0.5, 0.6) is 5.75 Å². The highest BCUT2D eigenvalue weighted by molar-refractivity contribution is 5.58. The smallest absolute Gasteiger partial charge is 0.387 e. The molecule has 0 spiro atoms. The van der Waals surface area contributed by atoms with E-state index in [9.17, 15) is 8.78 Å². The molecule has 8 heteroatoms. The zero-order chi connectivity index (χ0) is 19.4. The number of nitrogens with one attached hydrogen (secondary N) is 1. The normalized spacial score (nSPS) is 12.4. The fraction of sp³-hybridized carbons (Fsp3) is 0.316. The molecule has 2 aromatic heterocycles. The van der Waals surface area contributed by atoms with Crippen LogP contribution in [0, 0.1) is 0 Å². The number of anilines is 1. The summed E-state index contributed by atoms with van der Waals surface area (Å²) in [6.07, 6.45) is 1.64. The summed E-state index contributed by atoms with van der Waals surface area (Å²) in [6.45, 7) is 3.02. The Morgan fingerprint density at radius 2 is 1.93 bits per heavy atom. The van der Waals surface area contributed by atoms with Gasteiger partial charge in [0.25, 0.3) is 5.89 Å². The van der Waals surface area contributed by atoms with Crippen LogP contribution in [0.15, 0.2) is 47.1 Å². The molecule has 6 nitrogen and oxygen atoms in total. The van der Waals surface area contributed by atoms with Crippen molar-refractivity contribution in [1.29, 1.82) is 0 Å². The quantitative estimate of drug-likeness (QED) is 0.625. The van der Waals surface area contributed by atoms with E-state index in [0.717, 1.165) is 11.1 Å². The second-order valence-corrected chi connectivity index (χ2v) is 6.36. The summed E-state index contributed by atoms with van der Waals surface area (Å²) in [5, 5.41) is 7.20. The molecule has 1 atom stereocenters. The van der Waals surface area contributed by atoms with Crippen LogP contribution >= 0.6 is 0 Å². The number of ether oxygens (including phenoxy) is 1. The summed E-state index contributed by atoms with van der Waals surface area (Å²) in [5.74, 6) is 1.95. The average Bonchev–Trinajstić information content (AvgIpc) is 3.12. The van der Waals surface area contributed by atoms with Crippen LogP contribution in [0.3, 0.4) is 0 Å². The van der Waals surface area contributed by atoms with Crippen molar-refractivity contribution in [3.8, 4) is 17.2 Å². The summed E-state index contributed by atoms with van der Waals surface area (Å²) in [6, 6.07) is 9.96. The lowest BCUT2D eigenvalue weighted by molar-refractivity contribution is -0.0498. The molecule has 27 heavy (non-hydrogen) atoms. The van der Waals surface area contributed by atoms with Gasteiger partial charge in [-0.3, -0.25) is 0 Å². The molecule has 1 N–H and O–H groups in total. The molecule has 2 heterocycles. The Bertz CT molecular complexity index is 899. The SMILES string of the molecule is CC(C)c1noc(-c2ccnc(NC(C)c3cccc(OC(F)F)c3)c2)n1. The van der Waals surface area contributed by atoms with Crippen molar-refractivity contribution in [1.82, 2.24) is 15.1 Å². The van der Waals surface area contributed by atoms with Gasteiger partial charge in [-0.25, -0.2) is 4.98 Å². The van der Waals surface area contributed by atoms with Gasteiger partial charge in [0.15, 0.2) is 5.82 Å². The van der Waals surface area contributed by atoms with Crippen LogP contribution < -0.4 is 10.1 Å². The summed E-state index contributed by atoms with van der Waals surface area (Å²) >= 11 is 0. The van der Waals surface area contributed by atoms with E-state index in [1.165, 1.54) is 6.07 Å². The van der Waals surface area contributed by atoms with E-state index in [2.05, 4.69) is 25.2 Å². The van der Waals surface area contributed by atoms with E-state index in [-0.39, 0.29) is 17.7 Å². The zero-order valence-electron chi connectivity index (χ0n) is 15.2. The van der Waals surface area contributed by atoms with Crippen molar-refractivity contribution in [3.63, 3.8) is 0 Å². The molecule has 0 saturated carbocycles. The third-order valence-electron chi connectivity index (χ3n) is 3.91. The van der Waals surface area contributed by atoms with Crippen molar-refractivity contribution < 1.29 is 18.0 Å². The molecule has 1 aromatic carbocycles. The largest absolute Gasteiger partial charge is 0.435 e. The first-order valence-corrected chi connectivity index (χ1v) is 8.53. The van der Waals surface area contributed by atoms with Crippen LogP contribution in [-0.2, 0) is 0 Å². The van der Waals surface area contributed by atoms with Gasteiger partial charge in [0.1, 0.15) is 11.6 Å². The first-order valence-electron chi connectivity index (χ1n) is 8.53. The highest BCUT2D eigenvalue weighted by atomic mass is 19.3. The fourth-order valence-electron chi connectivity index (χ4n) is 2.49. The molecule has 1 unspecified atom stereocenters. The number of nitrogens with zero attached hydrogens (tertiary/aromatic N) is 3. The van der Waals surface area contributed by atoms with Crippen molar-refractivity contribution in [2.45, 2.75) is 39.3 Å². The van der Waals surface area contributed by atoms with Crippen LogP contribution in [-0.4, -0.2) is 21.7 Å². The van der Waals surface area contributed by atoms with Gasteiger partial charge in [-0.15, -0.1) is 0 Å². The van der Waals surface area contributed by atoms with E-state index in [1.54, 1.807) is 30.5 Å². The molecule has 3 rings (SSSR count). The van der Waals surface area contributed by atoms with Gasteiger partial charge in [-0.2, -0.15) is 13.8 Å². The van der Waals surface area contributed by atoms with Crippen LogP contribution in [0.25, 0.3) is 11.5 Å². The Balaban J connectivity index is 1.75. The number of aromatic nitrogens is 3. The lowest BCUT2D eigenvalue weighted by Gasteiger charge is -2.16.